The van der Waals surface area contributed by atoms with Gasteiger partial charge in [0, 0.05) is 5.92 Å². The lowest BCUT2D eigenvalue weighted by atomic mass is 9.79. The van der Waals surface area contributed by atoms with Crippen molar-refractivity contribution in [2.24, 2.45) is 29.6 Å². The Hall–Kier alpha value is -1.30. The molecule has 0 radical (unpaired) electrons. The van der Waals surface area contributed by atoms with Crippen LogP contribution in [0.25, 0.3) is 0 Å². The highest BCUT2D eigenvalue weighted by atomic mass is 14.5. The van der Waals surface area contributed by atoms with E-state index in [1.165, 1.54) is 54.4 Å². The summed E-state index contributed by atoms with van der Waals surface area (Å²) < 4.78 is 0. The first-order valence-corrected chi connectivity index (χ1v) is 9.39. The molecule has 23 heavy (non-hydrogen) atoms. The van der Waals surface area contributed by atoms with E-state index < -0.39 is 0 Å². The van der Waals surface area contributed by atoms with Crippen molar-refractivity contribution in [1.29, 1.82) is 0 Å². The molecule has 0 aromatic rings. The summed E-state index contributed by atoms with van der Waals surface area (Å²) in [5.41, 5.74) is 5.75. The zero-order valence-corrected chi connectivity index (χ0v) is 15.0. The topological polar surface area (TPSA) is 0 Å². The lowest BCUT2D eigenvalue weighted by Crippen LogP contribution is -2.14. The van der Waals surface area contributed by atoms with E-state index in [9.17, 15) is 0 Å². The zero-order chi connectivity index (χ0) is 16.6. The molecule has 2 fully saturated rings. The van der Waals surface area contributed by atoms with Gasteiger partial charge in [0.1, 0.15) is 0 Å². The van der Waals surface area contributed by atoms with Crippen LogP contribution >= 0.6 is 0 Å². The molecule has 0 bridgehead atoms. The third-order valence-corrected chi connectivity index (χ3v) is 6.49. The van der Waals surface area contributed by atoms with E-state index in [1.807, 2.05) is 0 Å². The van der Waals surface area contributed by atoms with Gasteiger partial charge in [0.2, 0.25) is 0 Å². The molecule has 5 atom stereocenters. The maximum Gasteiger partial charge on any atom is 0.00161 e. The predicted octanol–water partition coefficient (Wildman–Crippen LogP) is 6.64. The molecule has 124 valence electrons. The zero-order valence-electron chi connectivity index (χ0n) is 15.0. The summed E-state index contributed by atoms with van der Waals surface area (Å²) >= 11 is 0. The van der Waals surface area contributed by atoms with Crippen LogP contribution in [0.3, 0.4) is 0 Å². The summed E-state index contributed by atoms with van der Waals surface area (Å²) in [6.07, 6.45) is 15.0. The molecule has 0 aliphatic heterocycles. The number of rotatable bonds is 5. The number of hydrogen-bond acceptors (Lipinski definition) is 0. The molecule has 3 aliphatic carbocycles. The van der Waals surface area contributed by atoms with Crippen molar-refractivity contribution in [2.75, 3.05) is 0 Å². The Morgan fingerprint density at radius 3 is 2.35 bits per heavy atom. The number of hydrogen-bond donors (Lipinski definition) is 0. The van der Waals surface area contributed by atoms with Gasteiger partial charge in [-0.25, -0.2) is 0 Å². The Morgan fingerprint density at radius 2 is 1.78 bits per heavy atom. The van der Waals surface area contributed by atoms with Crippen LogP contribution in [0, 0.1) is 29.6 Å². The van der Waals surface area contributed by atoms with Crippen molar-refractivity contribution in [3.05, 3.63) is 60.3 Å². The number of fused-ring (bicyclic) bond motifs is 1. The molecule has 0 heterocycles. The normalized spacial score (nSPS) is 34.4. The van der Waals surface area contributed by atoms with Crippen molar-refractivity contribution >= 4 is 0 Å². The Morgan fingerprint density at radius 1 is 1.17 bits per heavy atom. The molecule has 0 nitrogen and oxygen atoms in total. The molecule has 3 aliphatic rings. The van der Waals surface area contributed by atoms with Crippen molar-refractivity contribution < 1.29 is 0 Å². The van der Waals surface area contributed by atoms with Crippen molar-refractivity contribution in [1.82, 2.24) is 0 Å². The van der Waals surface area contributed by atoms with Gasteiger partial charge in [-0.1, -0.05) is 80.0 Å². The highest BCUT2D eigenvalue weighted by Gasteiger charge is 2.41. The molecule has 2 unspecified atom stereocenters. The second-order valence-electron chi connectivity index (χ2n) is 8.15. The van der Waals surface area contributed by atoms with Gasteiger partial charge in [-0.3, -0.25) is 0 Å². The lowest BCUT2D eigenvalue weighted by molar-refractivity contribution is 0.338. The highest BCUT2D eigenvalue weighted by Crippen LogP contribution is 2.52. The number of allylic oxidation sites excluding steroid dienone is 7. The summed E-state index contributed by atoms with van der Waals surface area (Å²) in [6.45, 7) is 17.5. The van der Waals surface area contributed by atoms with Gasteiger partial charge in [0.05, 0.1) is 0 Å². The molecule has 0 heteroatoms. The molecule has 0 aromatic carbocycles. The molecule has 0 saturated heterocycles. The Labute approximate surface area is 142 Å². The Balaban J connectivity index is 1.63. The molecule has 2 saturated carbocycles. The van der Waals surface area contributed by atoms with Crippen LogP contribution in [0.5, 0.6) is 0 Å². The van der Waals surface area contributed by atoms with Gasteiger partial charge >= 0.3 is 0 Å². The van der Waals surface area contributed by atoms with Gasteiger partial charge in [0.25, 0.3) is 0 Å². The van der Waals surface area contributed by atoms with Gasteiger partial charge in [-0.2, -0.15) is 0 Å². The van der Waals surface area contributed by atoms with E-state index in [-0.39, 0.29) is 0 Å². The van der Waals surface area contributed by atoms with Crippen LogP contribution in [0.4, 0.5) is 0 Å². The van der Waals surface area contributed by atoms with E-state index in [0.717, 1.165) is 18.3 Å². The van der Waals surface area contributed by atoms with Crippen molar-refractivity contribution in [3.8, 4) is 0 Å². The molecular weight excluding hydrogens is 276 g/mol. The third-order valence-electron chi connectivity index (χ3n) is 6.49. The first kappa shape index (κ1) is 16.6. The summed E-state index contributed by atoms with van der Waals surface area (Å²) in [5, 5.41) is 0. The minimum Gasteiger partial charge on any atom is -0.0999 e. The van der Waals surface area contributed by atoms with E-state index in [2.05, 4.69) is 51.8 Å². The molecule has 0 N–H and O–H groups in total. The highest BCUT2D eigenvalue weighted by molar-refractivity contribution is 5.35. The smallest absolute Gasteiger partial charge is 0.00161 e. The van der Waals surface area contributed by atoms with Gasteiger partial charge in [0.15, 0.2) is 0 Å². The Bertz CT molecular complexity index is 547. The predicted molar refractivity (Wildman–Crippen MR) is 101 cm³/mol. The van der Waals surface area contributed by atoms with E-state index >= 15 is 0 Å². The SMILES string of the molecule is C=C1C(CC2C=CC(C[C@H](C)C(=C)C)=C2)C(=C)[C@@H]2CCCC[C@H]12. The average Bonchev–Trinajstić information content (AvgIpc) is 3.06. The lowest BCUT2D eigenvalue weighted by Gasteiger charge is -2.25. The molecule has 0 amide bonds. The van der Waals surface area contributed by atoms with Gasteiger partial charge in [-0.15, -0.1) is 0 Å². The quantitative estimate of drug-likeness (QED) is 0.499. The maximum atomic E-state index is 4.49. The largest absolute Gasteiger partial charge is 0.0999 e. The fraction of sp³-hybridized carbons (Fsp3) is 0.565. The van der Waals surface area contributed by atoms with Crippen molar-refractivity contribution in [3.63, 3.8) is 0 Å². The summed E-state index contributed by atoms with van der Waals surface area (Å²) in [7, 11) is 0. The first-order valence-electron chi connectivity index (χ1n) is 9.39. The van der Waals surface area contributed by atoms with Crippen LogP contribution in [0.2, 0.25) is 0 Å². The first-order chi connectivity index (χ1) is 11.0. The second-order valence-corrected chi connectivity index (χ2v) is 8.15. The molecule has 0 aromatic heterocycles. The van der Waals surface area contributed by atoms with Crippen LogP contribution in [-0.4, -0.2) is 0 Å². The van der Waals surface area contributed by atoms with Crippen LogP contribution in [-0.2, 0) is 0 Å². The van der Waals surface area contributed by atoms with Crippen LogP contribution in [0.15, 0.2) is 60.3 Å². The van der Waals surface area contributed by atoms with Gasteiger partial charge in [-0.05, 0) is 56.3 Å². The van der Waals surface area contributed by atoms with E-state index in [1.54, 1.807) is 0 Å². The minimum absolute atomic E-state index is 0.548. The van der Waals surface area contributed by atoms with E-state index in [4.69, 9.17) is 0 Å². The fourth-order valence-corrected chi connectivity index (χ4v) is 4.79. The average molecular weight is 309 g/mol. The molecular formula is C23H32. The summed E-state index contributed by atoms with van der Waals surface area (Å²) in [4.78, 5) is 0. The van der Waals surface area contributed by atoms with Gasteiger partial charge < -0.3 is 0 Å². The minimum atomic E-state index is 0.548. The standard InChI is InChI=1S/C23H32/c1-15(2)16(3)12-19-10-11-20(13-19)14-23-17(4)21-8-6-7-9-22(21)18(23)5/h10-11,13,16,20-23H,1,4-9,12,14H2,2-3H3/t16-,20?,21-,22+,23?/m0/s1. The monoisotopic (exact) mass is 308 g/mol. The van der Waals surface area contributed by atoms with Crippen LogP contribution < -0.4 is 0 Å². The maximum absolute atomic E-state index is 4.49. The second kappa shape index (κ2) is 6.67. The van der Waals surface area contributed by atoms with Crippen molar-refractivity contribution in [2.45, 2.75) is 52.4 Å². The van der Waals surface area contributed by atoms with E-state index in [0.29, 0.717) is 17.8 Å². The Kier molecular flexibility index (Phi) is 4.80. The molecule has 0 spiro atoms. The summed E-state index contributed by atoms with van der Waals surface area (Å²) in [5.74, 6) is 3.16. The fourth-order valence-electron chi connectivity index (χ4n) is 4.79. The third kappa shape index (κ3) is 3.32. The van der Waals surface area contributed by atoms with Crippen LogP contribution in [0.1, 0.15) is 52.4 Å². The summed E-state index contributed by atoms with van der Waals surface area (Å²) in [6, 6.07) is 0. The molecule has 3 rings (SSSR count).